The average Bonchev–Trinajstić information content (AvgIpc) is 2.54. The maximum Gasteiger partial charge on any atom is 0.254 e. The minimum Gasteiger partial charge on any atom is -0.338 e. The van der Waals surface area contributed by atoms with Crippen molar-refractivity contribution in [3.05, 3.63) is 42.1 Å². The Hall–Kier alpha value is -1.61. The molecule has 110 valence electrons. The summed E-state index contributed by atoms with van der Waals surface area (Å²) in [4.78, 5) is 19.1. The summed E-state index contributed by atoms with van der Waals surface area (Å²) in [7, 11) is 0. The third-order valence-electron chi connectivity index (χ3n) is 4.20. The van der Waals surface area contributed by atoms with Crippen LogP contribution < -0.4 is 0 Å². The molecule has 1 aromatic heterocycles. The van der Waals surface area contributed by atoms with Gasteiger partial charge in [0.15, 0.2) is 0 Å². The summed E-state index contributed by atoms with van der Waals surface area (Å²) in [6.45, 7) is 1.66. The van der Waals surface area contributed by atoms with E-state index in [4.69, 9.17) is 11.6 Å². The molecule has 1 aliphatic rings. The monoisotopic (exact) mass is 302 g/mol. The van der Waals surface area contributed by atoms with E-state index in [1.807, 2.05) is 35.2 Å². The van der Waals surface area contributed by atoms with Gasteiger partial charge in [0.2, 0.25) is 0 Å². The summed E-state index contributed by atoms with van der Waals surface area (Å²) in [5, 5.41) is 0.935. The highest BCUT2D eigenvalue weighted by Gasteiger charge is 2.25. The molecular formula is C17H19ClN2O. The standard InChI is InChI=1S/C17H19ClN2O/c18-9-8-13-4-3-11-20(12-13)17(21)15-5-1-7-16-14(15)6-2-10-19-16/h1-2,5-7,10,13H,3-4,8-9,11-12H2. The van der Waals surface area contributed by atoms with Gasteiger partial charge in [-0.05, 0) is 43.4 Å². The number of nitrogens with zero attached hydrogens (tertiary/aromatic N) is 2. The molecular weight excluding hydrogens is 284 g/mol. The highest BCUT2D eigenvalue weighted by Crippen LogP contribution is 2.24. The van der Waals surface area contributed by atoms with E-state index in [1.54, 1.807) is 6.20 Å². The van der Waals surface area contributed by atoms with Gasteiger partial charge in [0, 0.05) is 36.1 Å². The first-order valence-corrected chi connectivity index (χ1v) is 8.02. The molecule has 2 aromatic rings. The van der Waals surface area contributed by atoms with E-state index in [-0.39, 0.29) is 5.91 Å². The zero-order chi connectivity index (χ0) is 14.7. The third kappa shape index (κ3) is 3.03. The van der Waals surface area contributed by atoms with Crippen LogP contribution in [-0.4, -0.2) is 34.8 Å². The Morgan fingerprint density at radius 1 is 1.33 bits per heavy atom. The van der Waals surface area contributed by atoms with Crippen LogP contribution in [0.1, 0.15) is 29.6 Å². The topological polar surface area (TPSA) is 33.2 Å². The van der Waals surface area contributed by atoms with Crippen molar-refractivity contribution in [2.45, 2.75) is 19.3 Å². The van der Waals surface area contributed by atoms with Gasteiger partial charge in [-0.1, -0.05) is 12.1 Å². The van der Waals surface area contributed by atoms with E-state index in [1.165, 1.54) is 6.42 Å². The van der Waals surface area contributed by atoms with Gasteiger partial charge in [0.05, 0.1) is 5.52 Å². The van der Waals surface area contributed by atoms with E-state index in [0.717, 1.165) is 42.4 Å². The van der Waals surface area contributed by atoms with Crippen molar-refractivity contribution in [2.75, 3.05) is 19.0 Å². The molecule has 3 nitrogen and oxygen atoms in total. The minimum atomic E-state index is 0.118. The smallest absolute Gasteiger partial charge is 0.254 e. The Bertz CT molecular complexity index is 636. The minimum absolute atomic E-state index is 0.118. The highest BCUT2D eigenvalue weighted by molar-refractivity contribution is 6.17. The molecule has 0 aliphatic carbocycles. The Morgan fingerprint density at radius 2 is 2.24 bits per heavy atom. The van der Waals surface area contributed by atoms with Crippen LogP contribution in [0.2, 0.25) is 0 Å². The van der Waals surface area contributed by atoms with Crippen molar-refractivity contribution < 1.29 is 4.79 Å². The van der Waals surface area contributed by atoms with Crippen LogP contribution in [0.3, 0.4) is 0 Å². The van der Waals surface area contributed by atoms with Crippen molar-refractivity contribution >= 4 is 28.4 Å². The number of fused-ring (bicyclic) bond motifs is 1. The lowest BCUT2D eigenvalue weighted by molar-refractivity contribution is 0.0673. The van der Waals surface area contributed by atoms with Gasteiger partial charge in [-0.25, -0.2) is 0 Å². The molecule has 1 aliphatic heterocycles. The lowest BCUT2D eigenvalue weighted by Gasteiger charge is -2.32. The summed E-state index contributed by atoms with van der Waals surface area (Å²) in [5.74, 6) is 1.33. The number of alkyl halides is 1. The Labute approximate surface area is 129 Å². The zero-order valence-electron chi connectivity index (χ0n) is 12.0. The molecule has 0 radical (unpaired) electrons. The number of piperidine rings is 1. The molecule has 21 heavy (non-hydrogen) atoms. The molecule has 1 atom stereocenters. The largest absolute Gasteiger partial charge is 0.338 e. The average molecular weight is 303 g/mol. The van der Waals surface area contributed by atoms with Crippen molar-refractivity contribution in [2.24, 2.45) is 5.92 Å². The lowest BCUT2D eigenvalue weighted by atomic mass is 9.94. The first-order chi connectivity index (χ1) is 10.3. The number of benzene rings is 1. The zero-order valence-corrected chi connectivity index (χ0v) is 12.7. The van der Waals surface area contributed by atoms with E-state index in [9.17, 15) is 4.79 Å². The van der Waals surface area contributed by atoms with Crippen LogP contribution >= 0.6 is 11.6 Å². The molecule has 0 bridgehead atoms. The number of halogens is 1. The van der Waals surface area contributed by atoms with Crippen molar-refractivity contribution in [3.8, 4) is 0 Å². The van der Waals surface area contributed by atoms with Gasteiger partial charge in [0.25, 0.3) is 5.91 Å². The van der Waals surface area contributed by atoms with Crippen molar-refractivity contribution in [3.63, 3.8) is 0 Å². The highest BCUT2D eigenvalue weighted by atomic mass is 35.5. The summed E-state index contributed by atoms with van der Waals surface area (Å²) < 4.78 is 0. The van der Waals surface area contributed by atoms with Gasteiger partial charge in [-0.3, -0.25) is 9.78 Å². The van der Waals surface area contributed by atoms with E-state index in [2.05, 4.69) is 4.98 Å². The fraction of sp³-hybridized carbons (Fsp3) is 0.412. The Kier molecular flexibility index (Phi) is 4.39. The summed E-state index contributed by atoms with van der Waals surface area (Å²) >= 11 is 5.85. The van der Waals surface area contributed by atoms with Crippen molar-refractivity contribution in [1.29, 1.82) is 0 Å². The number of aromatic nitrogens is 1. The number of amides is 1. The molecule has 1 fully saturated rings. The van der Waals surface area contributed by atoms with Gasteiger partial charge in [-0.15, -0.1) is 11.6 Å². The van der Waals surface area contributed by atoms with E-state index < -0.39 is 0 Å². The molecule has 1 amide bonds. The van der Waals surface area contributed by atoms with Crippen LogP contribution in [0.25, 0.3) is 10.9 Å². The number of likely N-dealkylation sites (tertiary alicyclic amines) is 1. The molecule has 1 aromatic carbocycles. The molecule has 1 unspecified atom stereocenters. The van der Waals surface area contributed by atoms with Gasteiger partial charge in [-0.2, -0.15) is 0 Å². The Morgan fingerprint density at radius 3 is 3.10 bits per heavy atom. The van der Waals surface area contributed by atoms with Crippen LogP contribution in [0, 0.1) is 5.92 Å². The predicted octanol–water partition coefficient (Wildman–Crippen LogP) is 3.72. The maximum atomic E-state index is 12.8. The fourth-order valence-electron chi connectivity index (χ4n) is 3.10. The van der Waals surface area contributed by atoms with Crippen LogP contribution in [0.4, 0.5) is 0 Å². The van der Waals surface area contributed by atoms with Crippen LogP contribution in [-0.2, 0) is 0 Å². The van der Waals surface area contributed by atoms with Gasteiger partial charge >= 0.3 is 0 Å². The Balaban J connectivity index is 1.86. The second kappa shape index (κ2) is 6.44. The summed E-state index contributed by atoms with van der Waals surface area (Å²) in [6.07, 6.45) is 4.99. The normalized spacial score (nSPS) is 18.9. The number of carbonyl (C=O) groups is 1. The van der Waals surface area contributed by atoms with E-state index >= 15 is 0 Å². The van der Waals surface area contributed by atoms with E-state index in [0.29, 0.717) is 11.8 Å². The molecule has 3 rings (SSSR count). The number of rotatable bonds is 3. The molecule has 0 spiro atoms. The number of hydrogen-bond acceptors (Lipinski definition) is 2. The molecule has 1 saturated heterocycles. The number of carbonyl (C=O) groups excluding carboxylic acids is 1. The quantitative estimate of drug-likeness (QED) is 0.810. The van der Waals surface area contributed by atoms with Crippen molar-refractivity contribution in [1.82, 2.24) is 9.88 Å². The van der Waals surface area contributed by atoms with Gasteiger partial charge < -0.3 is 4.90 Å². The first kappa shape index (κ1) is 14.3. The second-order valence-corrected chi connectivity index (χ2v) is 5.99. The lowest BCUT2D eigenvalue weighted by Crippen LogP contribution is -2.40. The molecule has 0 saturated carbocycles. The fourth-order valence-corrected chi connectivity index (χ4v) is 3.41. The molecule has 0 N–H and O–H groups in total. The van der Waals surface area contributed by atoms with Crippen LogP contribution in [0.15, 0.2) is 36.5 Å². The first-order valence-electron chi connectivity index (χ1n) is 7.48. The SMILES string of the molecule is O=C(c1cccc2ncccc12)N1CCCC(CCCl)C1. The molecule has 2 heterocycles. The summed E-state index contributed by atoms with van der Waals surface area (Å²) in [5.41, 5.74) is 1.63. The van der Waals surface area contributed by atoms with Gasteiger partial charge in [0.1, 0.15) is 0 Å². The summed E-state index contributed by atoms with van der Waals surface area (Å²) in [6, 6.07) is 9.60. The maximum absolute atomic E-state index is 12.8. The molecule has 4 heteroatoms. The van der Waals surface area contributed by atoms with Crippen LogP contribution in [0.5, 0.6) is 0 Å². The number of pyridine rings is 1. The predicted molar refractivity (Wildman–Crippen MR) is 85.7 cm³/mol. The second-order valence-electron chi connectivity index (χ2n) is 5.61. The number of hydrogen-bond donors (Lipinski definition) is 0. The third-order valence-corrected chi connectivity index (χ3v) is 4.42.